The number of hydrogen-bond donors (Lipinski definition) is 1. The first-order valence-electron chi connectivity index (χ1n) is 5.77. The van der Waals surface area contributed by atoms with Crippen LogP contribution in [-0.2, 0) is 4.79 Å². The molecule has 0 unspecified atom stereocenters. The smallest absolute Gasteiger partial charge is 0.332 e. The summed E-state index contributed by atoms with van der Waals surface area (Å²) in [7, 11) is 4.04. The number of hydrogen-bond acceptors (Lipinski definition) is 3. The second-order valence-electron chi connectivity index (χ2n) is 4.31. The van der Waals surface area contributed by atoms with Gasteiger partial charge >= 0.3 is 5.97 Å². The first-order valence-corrected chi connectivity index (χ1v) is 5.77. The fourth-order valence-corrected chi connectivity index (χ4v) is 1.26. The molecule has 0 amide bonds. The van der Waals surface area contributed by atoms with Crippen LogP contribution in [0.5, 0.6) is 0 Å². The molecule has 0 fully saturated rings. The van der Waals surface area contributed by atoms with E-state index in [1.165, 1.54) is 0 Å². The molecule has 1 N–H and O–H groups in total. The lowest BCUT2D eigenvalue weighted by Crippen LogP contribution is -2.29. The van der Waals surface area contributed by atoms with Crippen molar-refractivity contribution >= 4 is 5.97 Å². The normalized spacial score (nSPS) is 11.9. The van der Waals surface area contributed by atoms with Crippen LogP contribution in [0.3, 0.4) is 0 Å². The molecule has 0 saturated heterocycles. The van der Waals surface area contributed by atoms with Crippen molar-refractivity contribution < 1.29 is 9.90 Å². The van der Waals surface area contributed by atoms with Crippen molar-refractivity contribution in [1.29, 1.82) is 0 Å². The molecule has 0 heterocycles. The van der Waals surface area contributed by atoms with Gasteiger partial charge in [0.2, 0.25) is 0 Å². The van der Waals surface area contributed by atoms with Gasteiger partial charge in [0.15, 0.2) is 0 Å². The molecule has 94 valence electrons. The van der Waals surface area contributed by atoms with Gasteiger partial charge in [-0.2, -0.15) is 0 Å². The van der Waals surface area contributed by atoms with E-state index in [2.05, 4.69) is 16.7 Å². The lowest BCUT2D eigenvalue weighted by molar-refractivity contribution is -0.132. The van der Waals surface area contributed by atoms with Gasteiger partial charge in [0, 0.05) is 31.4 Å². The zero-order chi connectivity index (χ0) is 12.6. The zero-order valence-electron chi connectivity index (χ0n) is 10.9. The minimum atomic E-state index is -0.841. The molecule has 0 spiro atoms. The first kappa shape index (κ1) is 15.0. The number of likely N-dealkylation sites (N-methyl/N-ethyl adjacent to an activating group) is 1. The molecule has 16 heavy (non-hydrogen) atoms. The average Bonchev–Trinajstić information content (AvgIpc) is 2.21. The molecule has 4 nitrogen and oxygen atoms in total. The van der Waals surface area contributed by atoms with Gasteiger partial charge in [-0.05, 0) is 27.4 Å². The third kappa shape index (κ3) is 7.29. The van der Waals surface area contributed by atoms with Gasteiger partial charge in [0.05, 0.1) is 0 Å². The minimum Gasteiger partial charge on any atom is -0.478 e. The molecule has 0 aliphatic carbocycles. The van der Waals surface area contributed by atoms with Gasteiger partial charge in [-0.15, -0.1) is 0 Å². The summed E-state index contributed by atoms with van der Waals surface area (Å²) in [5.74, 6) is -0.841. The van der Waals surface area contributed by atoms with Crippen LogP contribution in [0.2, 0.25) is 0 Å². The molecule has 0 rings (SSSR count). The molecule has 0 aromatic carbocycles. The molecule has 4 heteroatoms. The minimum absolute atomic E-state index is 0.398. The third-order valence-corrected chi connectivity index (χ3v) is 2.35. The van der Waals surface area contributed by atoms with Crippen molar-refractivity contribution in [2.24, 2.45) is 0 Å². The van der Waals surface area contributed by atoms with Crippen molar-refractivity contribution in [3.63, 3.8) is 0 Å². The predicted molar refractivity (Wildman–Crippen MR) is 66.4 cm³/mol. The Balaban J connectivity index is 4.29. The van der Waals surface area contributed by atoms with Gasteiger partial charge in [0.25, 0.3) is 0 Å². The summed E-state index contributed by atoms with van der Waals surface area (Å²) in [6.45, 7) is 6.51. The molecular weight excluding hydrogens is 204 g/mol. The van der Waals surface area contributed by atoms with E-state index in [4.69, 9.17) is 5.11 Å². The summed E-state index contributed by atoms with van der Waals surface area (Å²) in [4.78, 5) is 14.9. The summed E-state index contributed by atoms with van der Waals surface area (Å²) in [6, 6.07) is 0. The third-order valence-electron chi connectivity index (χ3n) is 2.35. The van der Waals surface area contributed by atoms with Crippen LogP contribution < -0.4 is 0 Å². The number of nitrogens with zero attached hydrogens (tertiary/aromatic N) is 2. The van der Waals surface area contributed by atoms with Crippen LogP contribution >= 0.6 is 0 Å². The monoisotopic (exact) mass is 228 g/mol. The Kier molecular flexibility index (Phi) is 7.64. The van der Waals surface area contributed by atoms with Crippen molar-refractivity contribution in [1.82, 2.24) is 9.80 Å². The maximum atomic E-state index is 10.7. The first-order chi connectivity index (χ1) is 7.47. The van der Waals surface area contributed by atoms with Crippen LogP contribution in [0, 0.1) is 0 Å². The van der Waals surface area contributed by atoms with Crippen LogP contribution in [0.1, 0.15) is 26.7 Å². The van der Waals surface area contributed by atoms with Crippen LogP contribution in [0.4, 0.5) is 0 Å². The maximum Gasteiger partial charge on any atom is 0.332 e. The van der Waals surface area contributed by atoms with Crippen molar-refractivity contribution in [3.8, 4) is 0 Å². The molecule has 0 bridgehead atoms. The Labute approximate surface area is 98.5 Å². The lowest BCUT2D eigenvalue weighted by atomic mass is 10.3. The van der Waals surface area contributed by atoms with Gasteiger partial charge in [-0.3, -0.25) is 0 Å². The summed E-state index contributed by atoms with van der Waals surface area (Å²) in [5.41, 5.74) is 0.398. The Morgan fingerprint density at radius 2 is 1.88 bits per heavy atom. The topological polar surface area (TPSA) is 43.8 Å². The molecule has 0 atom stereocenters. The van der Waals surface area contributed by atoms with Gasteiger partial charge < -0.3 is 14.9 Å². The second kappa shape index (κ2) is 8.16. The molecule has 0 aromatic rings. The van der Waals surface area contributed by atoms with E-state index < -0.39 is 5.97 Å². The van der Waals surface area contributed by atoms with Crippen molar-refractivity contribution in [2.45, 2.75) is 26.7 Å². The van der Waals surface area contributed by atoms with Crippen LogP contribution in [0.15, 0.2) is 11.8 Å². The quantitative estimate of drug-likeness (QED) is 0.641. The fourth-order valence-electron chi connectivity index (χ4n) is 1.26. The summed E-state index contributed by atoms with van der Waals surface area (Å²) >= 11 is 0. The van der Waals surface area contributed by atoms with E-state index in [-0.39, 0.29) is 0 Å². The zero-order valence-corrected chi connectivity index (χ0v) is 10.9. The summed E-state index contributed by atoms with van der Waals surface area (Å²) in [6.07, 6.45) is 3.97. The van der Waals surface area contributed by atoms with Crippen LogP contribution in [-0.4, -0.2) is 54.6 Å². The van der Waals surface area contributed by atoms with E-state index >= 15 is 0 Å². The highest BCUT2D eigenvalue weighted by atomic mass is 16.4. The van der Waals surface area contributed by atoms with Gasteiger partial charge in [0.1, 0.15) is 0 Å². The number of carbonyl (C=O) groups is 1. The SMILES string of the molecule is CCCCN(C=C(C)C(=O)O)CCN(C)C. The Morgan fingerprint density at radius 3 is 2.31 bits per heavy atom. The van der Waals surface area contributed by atoms with Crippen molar-refractivity contribution in [2.75, 3.05) is 33.7 Å². The largest absolute Gasteiger partial charge is 0.478 e. The lowest BCUT2D eigenvalue weighted by Gasteiger charge is -2.22. The average molecular weight is 228 g/mol. The van der Waals surface area contributed by atoms with Gasteiger partial charge in [-0.25, -0.2) is 4.79 Å². The number of rotatable bonds is 8. The molecule has 0 aromatic heterocycles. The highest BCUT2D eigenvalue weighted by Crippen LogP contribution is 2.01. The Morgan fingerprint density at radius 1 is 1.25 bits per heavy atom. The Hall–Kier alpha value is -1.03. The van der Waals surface area contributed by atoms with Gasteiger partial charge in [-0.1, -0.05) is 13.3 Å². The van der Waals surface area contributed by atoms with E-state index in [1.807, 2.05) is 14.1 Å². The summed E-state index contributed by atoms with van der Waals surface area (Å²) < 4.78 is 0. The molecular formula is C12H24N2O2. The van der Waals surface area contributed by atoms with E-state index in [9.17, 15) is 4.79 Å². The predicted octanol–water partition coefficient (Wildman–Crippen LogP) is 1.64. The van der Waals surface area contributed by atoms with Crippen molar-refractivity contribution in [3.05, 3.63) is 11.8 Å². The van der Waals surface area contributed by atoms with E-state index in [0.717, 1.165) is 32.5 Å². The maximum absolute atomic E-state index is 10.7. The number of unbranched alkanes of at least 4 members (excludes halogenated alkanes) is 1. The number of carboxylic acid groups (broad SMARTS) is 1. The highest BCUT2D eigenvalue weighted by Gasteiger charge is 2.05. The number of carboxylic acids is 1. The highest BCUT2D eigenvalue weighted by molar-refractivity contribution is 5.85. The number of aliphatic carboxylic acids is 1. The molecule has 0 aliphatic heterocycles. The standard InChI is InChI=1S/C12H24N2O2/c1-5-6-7-14(9-8-13(3)4)10-11(2)12(15)16/h10H,5-9H2,1-4H3,(H,15,16). The summed E-state index contributed by atoms with van der Waals surface area (Å²) in [5, 5.41) is 8.83. The molecule has 0 aliphatic rings. The van der Waals surface area contributed by atoms with E-state index in [1.54, 1.807) is 13.1 Å². The molecule has 0 saturated carbocycles. The van der Waals surface area contributed by atoms with E-state index in [0.29, 0.717) is 5.57 Å². The Bertz CT molecular complexity index is 237. The second-order valence-corrected chi connectivity index (χ2v) is 4.31. The fraction of sp³-hybridized carbons (Fsp3) is 0.750. The molecule has 0 radical (unpaired) electrons. The van der Waals surface area contributed by atoms with Crippen LogP contribution in [0.25, 0.3) is 0 Å².